The van der Waals surface area contributed by atoms with E-state index in [1.165, 1.54) is 6.92 Å². The van der Waals surface area contributed by atoms with Gasteiger partial charge in [-0.3, -0.25) is 0 Å². The fraction of sp³-hybridized carbons (Fsp3) is 0.583. The molecule has 6 nitrogen and oxygen atoms in total. The molecule has 0 saturated carbocycles. The molecule has 0 bridgehead atoms. The van der Waals surface area contributed by atoms with Gasteiger partial charge in [-0.15, -0.1) is 0 Å². The van der Waals surface area contributed by atoms with Gasteiger partial charge in [0.25, 0.3) is 0 Å². The molecule has 0 atom stereocenters. The summed E-state index contributed by atoms with van der Waals surface area (Å²) < 4.78 is 0. The van der Waals surface area contributed by atoms with Crippen LogP contribution in [0.5, 0.6) is 0 Å². The molecular formula is C12H20O6Zn. The number of hydrogen-bond donors (Lipinski definition) is 1. The molecule has 0 aromatic heterocycles. The van der Waals surface area contributed by atoms with Crippen LogP contribution < -0.4 is 10.2 Å². The SMILES string of the molecule is C=C(C)C(=O)O.CCCC(=O)[O-].CCCC(=O)[O-].[Zn+2]. The third kappa shape index (κ3) is 47.6. The molecule has 0 saturated heterocycles. The largest absolute Gasteiger partial charge is 2.00 e. The summed E-state index contributed by atoms with van der Waals surface area (Å²) in [5.74, 6) is -2.86. The Morgan fingerprint density at radius 3 is 1.21 bits per heavy atom. The predicted molar refractivity (Wildman–Crippen MR) is 62.3 cm³/mol. The van der Waals surface area contributed by atoms with Gasteiger partial charge in [0.1, 0.15) is 0 Å². The van der Waals surface area contributed by atoms with Crippen LogP contribution in [0.4, 0.5) is 0 Å². The van der Waals surface area contributed by atoms with Crippen molar-refractivity contribution < 1.29 is 49.2 Å². The number of aliphatic carboxylic acids is 3. The van der Waals surface area contributed by atoms with E-state index in [1.807, 2.05) is 0 Å². The van der Waals surface area contributed by atoms with Crippen molar-refractivity contribution in [3.63, 3.8) is 0 Å². The van der Waals surface area contributed by atoms with Crippen molar-refractivity contribution in [2.24, 2.45) is 0 Å². The first kappa shape index (κ1) is 26.4. The molecule has 7 heteroatoms. The Morgan fingerprint density at radius 2 is 1.21 bits per heavy atom. The molecule has 0 spiro atoms. The van der Waals surface area contributed by atoms with Gasteiger partial charge in [0.15, 0.2) is 0 Å². The Bertz CT molecular complexity index is 247. The molecule has 0 unspecified atom stereocenters. The molecule has 0 fully saturated rings. The van der Waals surface area contributed by atoms with Gasteiger partial charge in [-0.1, -0.05) is 33.3 Å². The molecule has 0 rings (SSSR count). The number of carbonyl (C=O) groups excluding carboxylic acids is 2. The fourth-order valence-corrected chi connectivity index (χ4v) is 0.408. The molecule has 0 aliphatic carbocycles. The van der Waals surface area contributed by atoms with Crippen molar-refractivity contribution in [3.8, 4) is 0 Å². The molecular weight excluding hydrogens is 306 g/mol. The normalized spacial score (nSPS) is 7.53. The van der Waals surface area contributed by atoms with E-state index in [9.17, 15) is 24.6 Å². The van der Waals surface area contributed by atoms with E-state index < -0.39 is 17.9 Å². The van der Waals surface area contributed by atoms with Crippen molar-refractivity contribution in [3.05, 3.63) is 12.2 Å². The minimum absolute atomic E-state index is 0. The van der Waals surface area contributed by atoms with Crippen LogP contribution in [0, 0.1) is 0 Å². The van der Waals surface area contributed by atoms with Crippen LogP contribution in [-0.4, -0.2) is 23.0 Å². The summed E-state index contributed by atoms with van der Waals surface area (Å²) in [6.07, 6.45) is 1.70. The smallest absolute Gasteiger partial charge is 0.550 e. The number of rotatable bonds is 5. The van der Waals surface area contributed by atoms with Crippen molar-refractivity contribution >= 4 is 17.9 Å². The summed E-state index contributed by atoms with van der Waals surface area (Å²) in [4.78, 5) is 28.6. The number of hydrogen-bond acceptors (Lipinski definition) is 5. The molecule has 0 aliphatic heterocycles. The molecule has 0 aromatic carbocycles. The second kappa shape index (κ2) is 19.1. The van der Waals surface area contributed by atoms with Crippen molar-refractivity contribution in [2.45, 2.75) is 46.5 Å². The molecule has 106 valence electrons. The van der Waals surface area contributed by atoms with Gasteiger partial charge in [0, 0.05) is 17.5 Å². The first-order valence-corrected chi connectivity index (χ1v) is 5.47. The molecule has 19 heavy (non-hydrogen) atoms. The summed E-state index contributed by atoms with van der Waals surface area (Å²) in [5.41, 5.74) is 0.176. The maximum Gasteiger partial charge on any atom is 2.00 e. The zero-order valence-corrected chi connectivity index (χ0v) is 14.7. The van der Waals surface area contributed by atoms with E-state index in [1.54, 1.807) is 13.8 Å². The Balaban J connectivity index is -0.0000000865. The number of carbonyl (C=O) groups is 3. The average molecular weight is 326 g/mol. The van der Waals surface area contributed by atoms with Gasteiger partial charge >= 0.3 is 25.4 Å². The summed E-state index contributed by atoms with van der Waals surface area (Å²) >= 11 is 0. The van der Waals surface area contributed by atoms with Gasteiger partial charge in [0.05, 0.1) is 0 Å². The van der Waals surface area contributed by atoms with E-state index in [-0.39, 0.29) is 37.9 Å². The van der Waals surface area contributed by atoms with Crippen LogP contribution in [-0.2, 0) is 33.9 Å². The van der Waals surface area contributed by atoms with Gasteiger partial charge in [0.2, 0.25) is 0 Å². The van der Waals surface area contributed by atoms with E-state index in [4.69, 9.17) is 5.11 Å². The van der Waals surface area contributed by atoms with Gasteiger partial charge < -0.3 is 24.9 Å². The molecule has 0 radical (unpaired) electrons. The van der Waals surface area contributed by atoms with Crippen molar-refractivity contribution in [2.75, 3.05) is 0 Å². The van der Waals surface area contributed by atoms with Crippen LogP contribution in [0.3, 0.4) is 0 Å². The zero-order chi connectivity index (χ0) is 15.1. The fourth-order valence-electron chi connectivity index (χ4n) is 0.408. The van der Waals surface area contributed by atoms with Crippen LogP contribution >= 0.6 is 0 Å². The Labute approximate surface area is 126 Å². The zero-order valence-electron chi connectivity index (χ0n) is 11.7. The minimum atomic E-state index is -0.961. The Hall–Kier alpha value is -1.23. The maximum absolute atomic E-state index is 9.60. The first-order chi connectivity index (χ1) is 8.18. The maximum atomic E-state index is 9.60. The minimum Gasteiger partial charge on any atom is -0.550 e. The van der Waals surface area contributed by atoms with Crippen molar-refractivity contribution in [1.82, 2.24) is 0 Å². The van der Waals surface area contributed by atoms with Crippen molar-refractivity contribution in [1.29, 1.82) is 0 Å². The summed E-state index contributed by atoms with van der Waals surface area (Å²) in [7, 11) is 0. The Morgan fingerprint density at radius 1 is 1.00 bits per heavy atom. The summed E-state index contributed by atoms with van der Waals surface area (Å²) in [6.45, 7) is 8.20. The molecule has 0 heterocycles. The molecule has 0 aliphatic rings. The quantitative estimate of drug-likeness (QED) is 0.548. The third-order valence-electron chi connectivity index (χ3n) is 1.27. The van der Waals surface area contributed by atoms with Crippen LogP contribution in [0.2, 0.25) is 0 Å². The first-order valence-electron chi connectivity index (χ1n) is 5.47. The van der Waals surface area contributed by atoms with E-state index in [0.29, 0.717) is 12.8 Å². The second-order valence-electron chi connectivity index (χ2n) is 3.33. The average Bonchev–Trinajstić information content (AvgIpc) is 2.18. The second-order valence-corrected chi connectivity index (χ2v) is 3.33. The van der Waals surface area contributed by atoms with Crippen LogP contribution in [0.1, 0.15) is 46.5 Å². The van der Waals surface area contributed by atoms with Gasteiger partial charge in [-0.25, -0.2) is 4.79 Å². The molecule has 1 N–H and O–H groups in total. The standard InChI is InChI=1S/C4H6O2.2C4H8O2.Zn/c1-3(2)4(5)6;2*1-2-3-4(5)6;/h1H2,2H3,(H,5,6);2*2-3H2,1H3,(H,5,6);/q;;;+2/p-2. The Kier molecular flexibility index (Phi) is 26.5. The van der Waals surface area contributed by atoms with Crippen LogP contribution in [0.15, 0.2) is 12.2 Å². The van der Waals surface area contributed by atoms with E-state index >= 15 is 0 Å². The summed E-state index contributed by atoms with van der Waals surface area (Å²) in [6, 6.07) is 0. The predicted octanol–water partition coefficient (Wildman–Crippen LogP) is -0.283. The van der Waals surface area contributed by atoms with E-state index in [2.05, 4.69) is 6.58 Å². The molecule has 0 aromatic rings. The third-order valence-corrected chi connectivity index (χ3v) is 1.27. The molecule has 0 amide bonds. The van der Waals surface area contributed by atoms with Gasteiger partial charge in [-0.05, 0) is 19.8 Å². The van der Waals surface area contributed by atoms with Gasteiger partial charge in [-0.2, -0.15) is 0 Å². The van der Waals surface area contributed by atoms with E-state index in [0.717, 1.165) is 0 Å². The number of carboxylic acid groups (broad SMARTS) is 3. The monoisotopic (exact) mass is 324 g/mol. The van der Waals surface area contributed by atoms with Crippen LogP contribution in [0.25, 0.3) is 0 Å². The number of carboxylic acids is 3. The summed E-state index contributed by atoms with van der Waals surface area (Å²) in [5, 5.41) is 26.9. The topological polar surface area (TPSA) is 118 Å².